The van der Waals surface area contributed by atoms with Gasteiger partial charge in [-0.1, -0.05) is 29.3 Å². The third kappa shape index (κ3) is 7.11. The van der Waals surface area contributed by atoms with Crippen LogP contribution in [-0.4, -0.2) is 25.1 Å². The highest BCUT2D eigenvalue weighted by molar-refractivity contribution is 6.36. The van der Waals surface area contributed by atoms with Crippen molar-refractivity contribution in [3.8, 4) is 0 Å². The fraction of sp³-hybridized carbons (Fsp3) is 0.357. The van der Waals surface area contributed by atoms with Gasteiger partial charge in [0.25, 0.3) is 0 Å². The number of hydrogen-bond acceptors (Lipinski definition) is 3. The van der Waals surface area contributed by atoms with Gasteiger partial charge >= 0.3 is 0 Å². The number of carbonyl (C=O) groups excluding carboxylic acids is 2. The lowest BCUT2D eigenvalue weighted by Gasteiger charge is -2.01. The zero-order valence-electron chi connectivity index (χ0n) is 11.7. The highest BCUT2D eigenvalue weighted by atomic mass is 35.5. The van der Waals surface area contributed by atoms with E-state index in [2.05, 4.69) is 15.8 Å². The Hall–Kier alpha value is -1.59. The lowest BCUT2D eigenvalue weighted by Crippen LogP contribution is -2.19. The van der Waals surface area contributed by atoms with E-state index in [1.54, 1.807) is 25.2 Å². The van der Waals surface area contributed by atoms with E-state index in [4.69, 9.17) is 23.2 Å². The highest BCUT2D eigenvalue weighted by Gasteiger charge is 2.02. The lowest BCUT2D eigenvalue weighted by molar-refractivity contribution is -0.122. The van der Waals surface area contributed by atoms with Crippen molar-refractivity contribution in [2.24, 2.45) is 5.10 Å². The van der Waals surface area contributed by atoms with Gasteiger partial charge < -0.3 is 5.32 Å². The van der Waals surface area contributed by atoms with E-state index in [9.17, 15) is 9.59 Å². The average molecular weight is 330 g/mol. The van der Waals surface area contributed by atoms with Crippen molar-refractivity contribution in [2.75, 3.05) is 7.05 Å². The topological polar surface area (TPSA) is 70.6 Å². The minimum Gasteiger partial charge on any atom is -0.359 e. The Morgan fingerprint density at radius 1 is 1.19 bits per heavy atom. The van der Waals surface area contributed by atoms with Gasteiger partial charge in [-0.2, -0.15) is 5.10 Å². The monoisotopic (exact) mass is 329 g/mol. The van der Waals surface area contributed by atoms with Gasteiger partial charge in [-0.3, -0.25) is 9.59 Å². The Labute approximate surface area is 133 Å². The van der Waals surface area contributed by atoms with Gasteiger partial charge in [0.1, 0.15) is 0 Å². The number of unbranched alkanes of at least 4 members (excludes halogenated alkanes) is 1. The molecule has 0 spiro atoms. The molecule has 0 aliphatic carbocycles. The SMILES string of the molecule is CNC(=O)CCCCC(=O)N/N=C/c1ccc(Cl)cc1Cl. The summed E-state index contributed by atoms with van der Waals surface area (Å²) >= 11 is 11.7. The van der Waals surface area contributed by atoms with Crippen LogP contribution in [0.2, 0.25) is 10.0 Å². The number of halogens is 2. The Balaban J connectivity index is 2.29. The van der Waals surface area contributed by atoms with Crippen LogP contribution in [0.4, 0.5) is 0 Å². The zero-order valence-corrected chi connectivity index (χ0v) is 13.2. The van der Waals surface area contributed by atoms with Gasteiger partial charge in [-0.25, -0.2) is 5.43 Å². The van der Waals surface area contributed by atoms with Gasteiger partial charge in [-0.15, -0.1) is 0 Å². The van der Waals surface area contributed by atoms with Crippen LogP contribution in [0.15, 0.2) is 23.3 Å². The molecule has 0 bridgehead atoms. The maximum absolute atomic E-state index is 11.5. The minimum absolute atomic E-state index is 0.0224. The Morgan fingerprint density at radius 3 is 2.48 bits per heavy atom. The second kappa shape index (κ2) is 9.37. The number of amides is 2. The molecule has 1 aromatic rings. The molecule has 0 heterocycles. The van der Waals surface area contributed by atoms with Crippen LogP contribution in [0.3, 0.4) is 0 Å². The van der Waals surface area contributed by atoms with Crippen LogP contribution >= 0.6 is 23.2 Å². The number of hydrazone groups is 1. The summed E-state index contributed by atoms with van der Waals surface area (Å²) in [4.78, 5) is 22.5. The van der Waals surface area contributed by atoms with Crippen LogP contribution in [0.5, 0.6) is 0 Å². The van der Waals surface area contributed by atoms with E-state index in [1.807, 2.05) is 0 Å². The number of nitrogens with zero attached hydrogens (tertiary/aromatic N) is 1. The average Bonchev–Trinajstić information content (AvgIpc) is 2.45. The fourth-order valence-corrected chi connectivity index (χ4v) is 1.99. The zero-order chi connectivity index (χ0) is 15.7. The van der Waals surface area contributed by atoms with E-state index in [-0.39, 0.29) is 11.8 Å². The largest absolute Gasteiger partial charge is 0.359 e. The molecule has 114 valence electrons. The molecule has 7 heteroatoms. The smallest absolute Gasteiger partial charge is 0.240 e. The molecule has 0 atom stereocenters. The van der Waals surface area contributed by atoms with Crippen LogP contribution in [0.1, 0.15) is 31.2 Å². The van der Waals surface area contributed by atoms with Gasteiger partial charge in [-0.05, 0) is 25.0 Å². The molecule has 1 aromatic carbocycles. The second-order valence-electron chi connectivity index (χ2n) is 4.34. The molecule has 2 amide bonds. The number of nitrogens with one attached hydrogen (secondary N) is 2. The maximum atomic E-state index is 11.5. The van der Waals surface area contributed by atoms with E-state index in [0.29, 0.717) is 41.3 Å². The maximum Gasteiger partial charge on any atom is 0.240 e. The first kappa shape index (κ1) is 17.5. The summed E-state index contributed by atoms with van der Waals surface area (Å²) in [7, 11) is 1.59. The lowest BCUT2D eigenvalue weighted by atomic mass is 10.2. The molecule has 2 N–H and O–H groups in total. The molecular weight excluding hydrogens is 313 g/mol. The van der Waals surface area contributed by atoms with E-state index >= 15 is 0 Å². The van der Waals surface area contributed by atoms with Crippen molar-refractivity contribution in [1.82, 2.24) is 10.7 Å². The van der Waals surface area contributed by atoms with Crippen molar-refractivity contribution < 1.29 is 9.59 Å². The molecular formula is C14H17Cl2N3O2. The first-order chi connectivity index (χ1) is 10.0. The molecule has 0 unspecified atom stereocenters. The molecule has 0 saturated heterocycles. The summed E-state index contributed by atoms with van der Waals surface area (Å²) in [5.74, 6) is -0.223. The third-order valence-electron chi connectivity index (χ3n) is 2.69. The van der Waals surface area contributed by atoms with Crippen LogP contribution < -0.4 is 10.7 Å². The summed E-state index contributed by atoms with van der Waals surface area (Å²) in [6, 6.07) is 5.00. The molecule has 0 saturated carbocycles. The molecule has 0 aliphatic heterocycles. The second-order valence-corrected chi connectivity index (χ2v) is 5.18. The van der Waals surface area contributed by atoms with Gasteiger partial charge in [0.15, 0.2) is 0 Å². The molecule has 0 fully saturated rings. The standard InChI is InChI=1S/C14H17Cl2N3O2/c1-17-13(20)4-2-3-5-14(21)19-18-9-10-6-7-11(15)8-12(10)16/h6-9H,2-5H2,1H3,(H,17,20)(H,19,21)/b18-9+. The summed E-state index contributed by atoms with van der Waals surface area (Å²) in [5.41, 5.74) is 3.08. The summed E-state index contributed by atoms with van der Waals surface area (Å²) in [5, 5.41) is 7.36. The molecule has 0 radical (unpaired) electrons. The summed E-state index contributed by atoms with van der Waals surface area (Å²) in [6.45, 7) is 0. The summed E-state index contributed by atoms with van der Waals surface area (Å²) < 4.78 is 0. The summed E-state index contributed by atoms with van der Waals surface area (Å²) in [6.07, 6.45) is 3.51. The first-order valence-corrected chi connectivity index (χ1v) is 7.26. The normalized spacial score (nSPS) is 10.6. The quantitative estimate of drug-likeness (QED) is 0.458. The third-order valence-corrected chi connectivity index (χ3v) is 3.25. The van der Waals surface area contributed by atoms with Gasteiger partial charge in [0.2, 0.25) is 11.8 Å². The predicted octanol–water partition coefficient (Wildman–Crippen LogP) is 2.75. The van der Waals surface area contributed by atoms with Crippen LogP contribution in [-0.2, 0) is 9.59 Å². The van der Waals surface area contributed by atoms with E-state index < -0.39 is 0 Å². The molecule has 5 nitrogen and oxygen atoms in total. The van der Waals surface area contributed by atoms with Crippen molar-refractivity contribution in [2.45, 2.75) is 25.7 Å². The van der Waals surface area contributed by atoms with Gasteiger partial charge in [0.05, 0.1) is 11.2 Å². The Bertz CT molecular complexity index is 533. The van der Waals surface area contributed by atoms with E-state index in [0.717, 1.165) is 0 Å². The highest BCUT2D eigenvalue weighted by Crippen LogP contribution is 2.19. The fourth-order valence-electron chi connectivity index (χ4n) is 1.53. The molecule has 21 heavy (non-hydrogen) atoms. The minimum atomic E-state index is -0.201. The molecule has 0 aromatic heterocycles. The number of benzene rings is 1. The van der Waals surface area contributed by atoms with Crippen molar-refractivity contribution in [3.63, 3.8) is 0 Å². The van der Waals surface area contributed by atoms with E-state index in [1.165, 1.54) is 6.21 Å². The van der Waals surface area contributed by atoms with Crippen molar-refractivity contribution >= 4 is 41.2 Å². The van der Waals surface area contributed by atoms with Crippen molar-refractivity contribution in [1.29, 1.82) is 0 Å². The van der Waals surface area contributed by atoms with Crippen molar-refractivity contribution in [3.05, 3.63) is 33.8 Å². The van der Waals surface area contributed by atoms with Gasteiger partial charge in [0, 0.05) is 30.5 Å². The van der Waals surface area contributed by atoms with Crippen LogP contribution in [0, 0.1) is 0 Å². The molecule has 1 rings (SSSR count). The Kier molecular flexibility index (Phi) is 7.79. The number of rotatable bonds is 7. The van der Waals surface area contributed by atoms with Crippen LogP contribution in [0.25, 0.3) is 0 Å². The number of hydrogen-bond donors (Lipinski definition) is 2. The number of carbonyl (C=O) groups is 2. The Morgan fingerprint density at radius 2 is 1.86 bits per heavy atom. The predicted molar refractivity (Wildman–Crippen MR) is 84.7 cm³/mol. The molecule has 0 aliphatic rings. The first-order valence-electron chi connectivity index (χ1n) is 6.50.